The molecular formula is C38H55NO10. The van der Waals surface area contributed by atoms with Crippen LogP contribution in [0.5, 0.6) is 11.5 Å². The van der Waals surface area contributed by atoms with Crippen LogP contribution in [0.25, 0.3) is 6.08 Å². The van der Waals surface area contributed by atoms with Crippen molar-refractivity contribution < 1.29 is 43.9 Å². The smallest absolute Gasteiger partial charge is 0.330 e. The summed E-state index contributed by atoms with van der Waals surface area (Å²) in [5.74, 6) is 2.41. The molecular weight excluding hydrogens is 630 g/mol. The lowest BCUT2D eigenvalue weighted by molar-refractivity contribution is -0.757. The van der Waals surface area contributed by atoms with Gasteiger partial charge in [-0.2, -0.15) is 0 Å². The zero-order valence-electron chi connectivity index (χ0n) is 29.5. The average Bonchev–Trinajstić information content (AvgIpc) is 3.42. The fraction of sp³-hybridized carbons (Fsp3) is 0.737. The number of hydrogen-bond donors (Lipinski definition) is 2. The molecule has 11 nitrogen and oxygen atoms in total. The third-order valence-corrected chi connectivity index (χ3v) is 13.0. The molecule has 1 aromatic carbocycles. The van der Waals surface area contributed by atoms with Gasteiger partial charge in [-0.05, 0) is 141 Å². The summed E-state index contributed by atoms with van der Waals surface area (Å²) < 4.78 is 16.3. The fourth-order valence-corrected chi connectivity index (χ4v) is 10.5. The summed E-state index contributed by atoms with van der Waals surface area (Å²) in [7, 11) is 1.49. The third kappa shape index (κ3) is 8.25. The lowest BCUT2D eigenvalue weighted by Crippen LogP contribution is -2.58. The summed E-state index contributed by atoms with van der Waals surface area (Å²) >= 11 is 0. The van der Waals surface area contributed by atoms with Crippen LogP contribution in [0.15, 0.2) is 24.3 Å². The number of unbranched alkanes of at least 4 members (excludes halogenated alkanes) is 1. The monoisotopic (exact) mass is 685 g/mol. The van der Waals surface area contributed by atoms with Gasteiger partial charge in [-0.3, -0.25) is 4.79 Å². The highest BCUT2D eigenvalue weighted by molar-refractivity contribution is 5.87. The van der Waals surface area contributed by atoms with E-state index in [1.165, 1.54) is 13.2 Å². The number of aliphatic hydroxyl groups is 2. The van der Waals surface area contributed by atoms with Crippen molar-refractivity contribution in [2.24, 2.45) is 46.3 Å². The summed E-state index contributed by atoms with van der Waals surface area (Å²) in [5.41, 5.74) is 1.02. The van der Waals surface area contributed by atoms with Crippen LogP contribution < -0.4 is 9.47 Å². The van der Waals surface area contributed by atoms with Gasteiger partial charge in [-0.1, -0.05) is 26.8 Å². The fourth-order valence-electron chi connectivity index (χ4n) is 10.5. The normalized spacial score (nSPS) is 34.3. The number of carbonyl (C=O) groups is 2. The summed E-state index contributed by atoms with van der Waals surface area (Å²) in [6.07, 6.45) is 12.3. The maximum absolute atomic E-state index is 13.0. The lowest BCUT2D eigenvalue weighted by Gasteiger charge is -2.62. The summed E-state index contributed by atoms with van der Waals surface area (Å²) in [6.45, 7) is 7.24. The van der Waals surface area contributed by atoms with Gasteiger partial charge >= 0.3 is 11.9 Å². The highest BCUT2D eigenvalue weighted by Gasteiger charge is 2.62. The van der Waals surface area contributed by atoms with Crippen LogP contribution in [0.1, 0.15) is 103 Å². The Kier molecular flexibility index (Phi) is 12.0. The number of carbonyl (C=O) groups excluding carboxylic acids is 2. The summed E-state index contributed by atoms with van der Waals surface area (Å²) in [6, 6.07) is 5.05. The lowest BCUT2D eigenvalue weighted by atomic mass is 9.43. The molecule has 4 saturated carbocycles. The molecule has 272 valence electrons. The second-order valence-corrected chi connectivity index (χ2v) is 15.6. The van der Waals surface area contributed by atoms with Crippen LogP contribution in [0.3, 0.4) is 0 Å². The maximum Gasteiger partial charge on any atom is 0.330 e. The maximum atomic E-state index is 13.0. The number of aliphatic hydroxyl groups excluding tert-OH is 2. The Hall–Kier alpha value is -3.18. The van der Waals surface area contributed by atoms with Crippen molar-refractivity contribution in [3.63, 3.8) is 0 Å². The van der Waals surface area contributed by atoms with Gasteiger partial charge in [0, 0.05) is 12.5 Å². The van der Waals surface area contributed by atoms with Gasteiger partial charge < -0.3 is 29.3 Å². The molecule has 0 heterocycles. The van der Waals surface area contributed by atoms with Gasteiger partial charge in [-0.25, -0.2) is 4.79 Å². The van der Waals surface area contributed by atoms with Crippen LogP contribution in [0.2, 0.25) is 0 Å². The van der Waals surface area contributed by atoms with Crippen molar-refractivity contribution in [2.75, 3.05) is 20.3 Å². The molecule has 4 fully saturated rings. The van der Waals surface area contributed by atoms with Crippen molar-refractivity contribution in [2.45, 2.75) is 110 Å². The number of fused-ring (bicyclic) bond motifs is 5. The third-order valence-electron chi connectivity index (χ3n) is 13.0. The molecule has 0 amide bonds. The molecule has 0 aromatic heterocycles. The van der Waals surface area contributed by atoms with Gasteiger partial charge in [0.15, 0.2) is 11.5 Å². The number of rotatable bonds is 14. The van der Waals surface area contributed by atoms with Gasteiger partial charge in [-0.15, -0.1) is 10.1 Å². The standard InChI is InChI=1S/C38H55NO10/c1-24(28-10-11-29-36-30(16-18-38(28,29)3)37(2)17-15-27(40)22-26(37)23-31(36)41)7-13-35(43)49-32-12-8-25(21-33(32)46-4)9-14-34(42)47-19-5-6-20-48-39(44)45/h8-9,12,14,21,24,26-31,36,40-41H,5-7,10-11,13,15-20,22-23H2,1-4H3/b14-9+/t24-,26+,27-,28-,29+,30+,31+,36+,37+,38-/m1/s1. The van der Waals surface area contributed by atoms with E-state index in [1.807, 2.05) is 0 Å². The number of nitrogens with zero attached hydrogens (tertiary/aromatic N) is 1. The van der Waals surface area contributed by atoms with Gasteiger partial charge in [0.25, 0.3) is 5.09 Å². The van der Waals surface area contributed by atoms with Gasteiger partial charge in [0.2, 0.25) is 0 Å². The number of hydrogen-bond acceptors (Lipinski definition) is 10. The zero-order valence-corrected chi connectivity index (χ0v) is 29.5. The Morgan fingerprint density at radius 2 is 1.76 bits per heavy atom. The number of methoxy groups -OCH3 is 1. The summed E-state index contributed by atoms with van der Waals surface area (Å²) in [5, 5.41) is 31.2. The first-order chi connectivity index (χ1) is 23.4. The molecule has 0 spiro atoms. The predicted molar refractivity (Wildman–Crippen MR) is 182 cm³/mol. The molecule has 0 bridgehead atoms. The van der Waals surface area contributed by atoms with Crippen LogP contribution in [0.4, 0.5) is 0 Å². The van der Waals surface area contributed by atoms with Crippen LogP contribution in [-0.4, -0.2) is 59.8 Å². The second-order valence-electron chi connectivity index (χ2n) is 15.6. The van der Waals surface area contributed by atoms with Crippen LogP contribution >= 0.6 is 0 Å². The Morgan fingerprint density at radius 3 is 2.51 bits per heavy atom. The SMILES string of the molecule is COc1cc(/C=C/C(=O)OCCCCO[N+](=O)[O-])ccc1OC(=O)CC[C@@H](C)[C@H]1CC[C@H]2[C@@H]3[C@@H](O)C[C@@H]4C[C@H](O)CC[C@]4(C)[C@H]3CC[C@]12C. The molecule has 10 atom stereocenters. The van der Waals surface area contributed by atoms with E-state index in [-0.39, 0.29) is 42.2 Å². The molecule has 4 aliphatic carbocycles. The Bertz CT molecular complexity index is 1370. The van der Waals surface area contributed by atoms with Crippen molar-refractivity contribution in [3.8, 4) is 11.5 Å². The van der Waals surface area contributed by atoms with E-state index in [0.717, 1.165) is 57.8 Å². The van der Waals surface area contributed by atoms with E-state index in [0.29, 0.717) is 71.8 Å². The first-order valence-electron chi connectivity index (χ1n) is 18.2. The van der Waals surface area contributed by atoms with E-state index in [9.17, 15) is 29.9 Å². The van der Waals surface area contributed by atoms with Crippen molar-refractivity contribution in [1.82, 2.24) is 0 Å². The molecule has 4 aliphatic rings. The molecule has 1 aromatic rings. The molecule has 49 heavy (non-hydrogen) atoms. The highest BCUT2D eigenvalue weighted by Crippen LogP contribution is 2.68. The second kappa shape index (κ2) is 15.8. The topological polar surface area (TPSA) is 155 Å². The van der Waals surface area contributed by atoms with E-state index in [2.05, 4.69) is 25.6 Å². The van der Waals surface area contributed by atoms with Gasteiger partial charge in [0.1, 0.15) is 0 Å². The van der Waals surface area contributed by atoms with Crippen molar-refractivity contribution in [3.05, 3.63) is 40.0 Å². The number of ether oxygens (including phenoxy) is 3. The van der Waals surface area contributed by atoms with Crippen LogP contribution in [0, 0.1) is 56.5 Å². The molecule has 0 aliphatic heterocycles. The van der Waals surface area contributed by atoms with E-state index in [4.69, 9.17) is 14.2 Å². The highest BCUT2D eigenvalue weighted by atomic mass is 16.9. The first kappa shape index (κ1) is 37.1. The van der Waals surface area contributed by atoms with E-state index < -0.39 is 11.1 Å². The molecule has 0 radical (unpaired) electrons. The quantitative estimate of drug-likeness (QED) is 0.0550. The minimum absolute atomic E-state index is 0.0447. The molecule has 5 rings (SSSR count). The minimum atomic E-state index is -0.853. The van der Waals surface area contributed by atoms with Crippen LogP contribution in [-0.2, 0) is 19.2 Å². The van der Waals surface area contributed by atoms with Crippen molar-refractivity contribution in [1.29, 1.82) is 0 Å². The Labute approximate surface area is 289 Å². The average molecular weight is 686 g/mol. The molecule has 11 heteroatoms. The largest absolute Gasteiger partial charge is 0.493 e. The van der Waals surface area contributed by atoms with E-state index in [1.54, 1.807) is 24.3 Å². The van der Waals surface area contributed by atoms with Gasteiger partial charge in [0.05, 0.1) is 32.5 Å². The Morgan fingerprint density at radius 1 is 1.02 bits per heavy atom. The first-order valence-corrected chi connectivity index (χ1v) is 18.2. The van der Waals surface area contributed by atoms with Crippen molar-refractivity contribution >= 4 is 18.0 Å². The number of benzene rings is 1. The zero-order chi connectivity index (χ0) is 35.3. The number of esters is 2. The molecule has 2 N–H and O–H groups in total. The minimum Gasteiger partial charge on any atom is -0.493 e. The molecule has 0 saturated heterocycles. The Balaban J connectivity index is 1.11. The predicted octanol–water partition coefficient (Wildman–Crippen LogP) is 6.55. The molecule has 0 unspecified atom stereocenters. The van der Waals surface area contributed by atoms with E-state index >= 15 is 0 Å². The summed E-state index contributed by atoms with van der Waals surface area (Å²) in [4.78, 5) is 39.4.